The number of nitrogens with one attached hydrogen (secondary N) is 1. The zero-order valence-electron chi connectivity index (χ0n) is 11.1. The first-order valence-corrected chi connectivity index (χ1v) is 8.41. The molecule has 0 aromatic heterocycles. The van der Waals surface area contributed by atoms with E-state index in [1.54, 1.807) is 12.1 Å². The van der Waals surface area contributed by atoms with Crippen LogP contribution >= 0.6 is 0 Å². The Bertz CT molecular complexity index is 491. The van der Waals surface area contributed by atoms with E-state index in [9.17, 15) is 8.42 Å². The van der Waals surface area contributed by atoms with E-state index in [0.717, 1.165) is 0 Å². The minimum atomic E-state index is -3.40. The predicted octanol–water partition coefficient (Wildman–Crippen LogP) is 1.97. The molecule has 19 heavy (non-hydrogen) atoms. The second kappa shape index (κ2) is 6.50. The van der Waals surface area contributed by atoms with Crippen molar-refractivity contribution in [2.24, 2.45) is 5.73 Å². The van der Waals surface area contributed by atoms with Gasteiger partial charge in [-0.15, -0.1) is 0 Å². The lowest BCUT2D eigenvalue weighted by Crippen LogP contribution is -2.29. The van der Waals surface area contributed by atoms with Crippen molar-refractivity contribution in [2.75, 3.05) is 13.1 Å². The van der Waals surface area contributed by atoms with Gasteiger partial charge in [0.15, 0.2) is 0 Å². The zero-order valence-corrected chi connectivity index (χ0v) is 12.0. The maximum atomic E-state index is 11.9. The molecule has 1 saturated carbocycles. The van der Waals surface area contributed by atoms with E-state index in [0.29, 0.717) is 17.4 Å². The molecule has 0 spiro atoms. The van der Waals surface area contributed by atoms with Crippen LogP contribution in [0.1, 0.15) is 43.6 Å². The van der Waals surface area contributed by atoms with E-state index in [1.165, 1.54) is 37.7 Å². The molecule has 2 rings (SSSR count). The fourth-order valence-electron chi connectivity index (χ4n) is 2.63. The normalized spacial score (nSPS) is 17.5. The molecule has 1 aliphatic rings. The van der Waals surface area contributed by atoms with E-state index in [1.807, 2.05) is 12.1 Å². The molecule has 1 fully saturated rings. The van der Waals surface area contributed by atoms with Crippen LogP contribution in [-0.4, -0.2) is 21.5 Å². The first kappa shape index (κ1) is 14.5. The lowest BCUT2D eigenvalue weighted by Gasteiger charge is -2.22. The van der Waals surface area contributed by atoms with Gasteiger partial charge in [0.1, 0.15) is 0 Å². The van der Waals surface area contributed by atoms with Gasteiger partial charge < -0.3 is 5.73 Å². The van der Waals surface area contributed by atoms with Crippen molar-refractivity contribution in [1.82, 2.24) is 4.72 Å². The molecule has 5 heteroatoms. The topological polar surface area (TPSA) is 72.2 Å². The maximum Gasteiger partial charge on any atom is 0.240 e. The summed E-state index contributed by atoms with van der Waals surface area (Å²) in [4.78, 5) is 0.320. The van der Waals surface area contributed by atoms with E-state index in [2.05, 4.69) is 4.72 Å². The molecular formula is C14H22N2O2S. The van der Waals surface area contributed by atoms with Crippen molar-refractivity contribution in [1.29, 1.82) is 0 Å². The molecule has 0 aliphatic heterocycles. The largest absolute Gasteiger partial charge is 0.329 e. The third-order valence-corrected chi connectivity index (χ3v) is 5.18. The summed E-state index contributed by atoms with van der Waals surface area (Å²) in [6.45, 7) is 0.575. The summed E-state index contributed by atoms with van der Waals surface area (Å²) in [5.41, 5.74) is 6.57. The van der Waals surface area contributed by atoms with Crippen LogP contribution in [0.15, 0.2) is 29.2 Å². The van der Waals surface area contributed by atoms with Gasteiger partial charge in [0, 0.05) is 13.1 Å². The first-order chi connectivity index (χ1) is 9.13. The Hall–Kier alpha value is -0.910. The lowest BCUT2D eigenvalue weighted by atomic mass is 9.84. The average molecular weight is 282 g/mol. The quantitative estimate of drug-likeness (QED) is 0.867. The minimum absolute atomic E-state index is 0.271. The smallest absolute Gasteiger partial charge is 0.240 e. The van der Waals surface area contributed by atoms with Crippen LogP contribution in [0.3, 0.4) is 0 Å². The van der Waals surface area contributed by atoms with Crippen LogP contribution in [0.2, 0.25) is 0 Å². The Morgan fingerprint density at radius 3 is 2.32 bits per heavy atom. The molecule has 106 valence electrons. The Morgan fingerprint density at radius 1 is 1.11 bits per heavy atom. The minimum Gasteiger partial charge on any atom is -0.329 e. The molecule has 1 aromatic rings. The van der Waals surface area contributed by atoms with Gasteiger partial charge in [0.25, 0.3) is 0 Å². The zero-order chi connectivity index (χ0) is 13.7. The number of benzene rings is 1. The highest BCUT2D eigenvalue weighted by molar-refractivity contribution is 7.89. The van der Waals surface area contributed by atoms with Gasteiger partial charge >= 0.3 is 0 Å². The highest BCUT2D eigenvalue weighted by Gasteiger charge is 2.17. The second-order valence-electron chi connectivity index (χ2n) is 5.09. The van der Waals surface area contributed by atoms with Gasteiger partial charge in [0.05, 0.1) is 4.90 Å². The molecule has 3 N–H and O–H groups in total. The molecule has 0 saturated heterocycles. The Morgan fingerprint density at radius 2 is 1.74 bits per heavy atom. The number of hydrogen-bond acceptors (Lipinski definition) is 3. The fourth-order valence-corrected chi connectivity index (χ4v) is 3.68. The molecule has 0 radical (unpaired) electrons. The van der Waals surface area contributed by atoms with E-state index in [4.69, 9.17) is 5.73 Å². The summed E-state index contributed by atoms with van der Waals surface area (Å²) in [6.07, 6.45) is 6.33. The van der Waals surface area contributed by atoms with Crippen molar-refractivity contribution < 1.29 is 8.42 Å². The molecule has 0 bridgehead atoms. The van der Waals surface area contributed by atoms with Gasteiger partial charge in [-0.05, 0) is 36.5 Å². The predicted molar refractivity (Wildman–Crippen MR) is 76.5 cm³/mol. The first-order valence-electron chi connectivity index (χ1n) is 6.93. The van der Waals surface area contributed by atoms with Gasteiger partial charge in [-0.25, -0.2) is 13.1 Å². The van der Waals surface area contributed by atoms with Crippen LogP contribution in [-0.2, 0) is 10.0 Å². The SMILES string of the molecule is NCCNS(=O)(=O)c1ccc(C2CCCCC2)cc1. The summed E-state index contributed by atoms with van der Waals surface area (Å²) in [5, 5.41) is 0. The molecule has 4 nitrogen and oxygen atoms in total. The van der Waals surface area contributed by atoms with Gasteiger partial charge in [0.2, 0.25) is 10.0 Å². The van der Waals surface area contributed by atoms with Crippen molar-refractivity contribution in [3.63, 3.8) is 0 Å². The number of hydrogen-bond donors (Lipinski definition) is 2. The average Bonchev–Trinajstić information content (AvgIpc) is 2.46. The maximum absolute atomic E-state index is 11.9. The molecular weight excluding hydrogens is 260 g/mol. The second-order valence-corrected chi connectivity index (χ2v) is 6.86. The van der Waals surface area contributed by atoms with Crippen molar-refractivity contribution in [2.45, 2.75) is 42.9 Å². The fraction of sp³-hybridized carbons (Fsp3) is 0.571. The molecule has 0 amide bonds. The van der Waals surface area contributed by atoms with Crippen LogP contribution in [0, 0.1) is 0 Å². The van der Waals surface area contributed by atoms with Crippen LogP contribution in [0.5, 0.6) is 0 Å². The molecule has 0 heterocycles. The number of rotatable bonds is 5. The van der Waals surface area contributed by atoms with Crippen molar-refractivity contribution in [3.8, 4) is 0 Å². The Balaban J connectivity index is 2.09. The molecule has 0 atom stereocenters. The van der Waals surface area contributed by atoms with E-state index in [-0.39, 0.29) is 6.54 Å². The van der Waals surface area contributed by atoms with E-state index >= 15 is 0 Å². The Labute approximate surface area is 115 Å². The molecule has 0 unspecified atom stereocenters. The summed E-state index contributed by atoms with van der Waals surface area (Å²) >= 11 is 0. The highest BCUT2D eigenvalue weighted by atomic mass is 32.2. The summed E-state index contributed by atoms with van der Waals surface area (Å²) in [7, 11) is -3.40. The van der Waals surface area contributed by atoms with Gasteiger partial charge in [-0.2, -0.15) is 0 Å². The number of sulfonamides is 1. The molecule has 1 aliphatic carbocycles. The van der Waals surface area contributed by atoms with Gasteiger partial charge in [-0.3, -0.25) is 0 Å². The third-order valence-electron chi connectivity index (χ3n) is 3.70. The standard InChI is InChI=1S/C14H22N2O2S/c15-10-11-16-19(17,18)14-8-6-13(7-9-14)12-4-2-1-3-5-12/h6-9,12,16H,1-5,10-11,15H2. The van der Waals surface area contributed by atoms with Crippen LogP contribution < -0.4 is 10.5 Å². The monoisotopic (exact) mass is 282 g/mol. The van der Waals surface area contributed by atoms with Crippen LogP contribution in [0.25, 0.3) is 0 Å². The third kappa shape index (κ3) is 3.78. The lowest BCUT2D eigenvalue weighted by molar-refractivity contribution is 0.443. The highest BCUT2D eigenvalue weighted by Crippen LogP contribution is 2.32. The Kier molecular flexibility index (Phi) is 4.96. The van der Waals surface area contributed by atoms with Crippen molar-refractivity contribution >= 4 is 10.0 Å². The number of nitrogens with two attached hydrogens (primary N) is 1. The molecule has 1 aromatic carbocycles. The summed E-state index contributed by atoms with van der Waals surface area (Å²) < 4.78 is 26.3. The van der Waals surface area contributed by atoms with Crippen LogP contribution in [0.4, 0.5) is 0 Å². The summed E-state index contributed by atoms with van der Waals surface area (Å²) in [5.74, 6) is 0.600. The van der Waals surface area contributed by atoms with E-state index < -0.39 is 10.0 Å². The van der Waals surface area contributed by atoms with Crippen molar-refractivity contribution in [3.05, 3.63) is 29.8 Å². The van der Waals surface area contributed by atoms with Gasteiger partial charge in [-0.1, -0.05) is 31.4 Å². The summed E-state index contributed by atoms with van der Waals surface area (Å²) in [6, 6.07) is 7.30.